The number of hydrogen-bond donors (Lipinski definition) is 2. The van der Waals surface area contributed by atoms with Crippen LogP contribution in [0.4, 0.5) is 0 Å². The first kappa shape index (κ1) is 22.0. The first-order valence-corrected chi connectivity index (χ1v) is 10.4. The lowest BCUT2D eigenvalue weighted by molar-refractivity contribution is -0.131. The van der Waals surface area contributed by atoms with E-state index in [0.29, 0.717) is 31.6 Å². The van der Waals surface area contributed by atoms with E-state index in [2.05, 4.69) is 16.7 Å². The number of carbonyl (C=O) groups excluding carboxylic acids is 3. The van der Waals surface area contributed by atoms with Crippen LogP contribution in [-0.4, -0.2) is 49.5 Å². The van der Waals surface area contributed by atoms with Gasteiger partial charge in [0.25, 0.3) is 0 Å². The van der Waals surface area contributed by atoms with Crippen LogP contribution in [0.2, 0.25) is 0 Å². The van der Waals surface area contributed by atoms with Crippen molar-refractivity contribution in [3.05, 3.63) is 41.5 Å². The fourth-order valence-electron chi connectivity index (χ4n) is 3.76. The molecule has 7 heteroatoms. The molecule has 1 heterocycles. The van der Waals surface area contributed by atoms with E-state index in [0.717, 1.165) is 31.2 Å². The Balaban J connectivity index is 1.70. The van der Waals surface area contributed by atoms with Crippen LogP contribution < -0.4 is 15.4 Å². The number of methoxy groups -OCH3 is 1. The van der Waals surface area contributed by atoms with E-state index in [1.165, 1.54) is 5.57 Å². The number of benzene rings is 1. The van der Waals surface area contributed by atoms with Crippen LogP contribution in [0.25, 0.3) is 0 Å². The molecule has 2 N–H and O–H groups in total. The van der Waals surface area contributed by atoms with Gasteiger partial charge >= 0.3 is 0 Å². The Morgan fingerprint density at radius 3 is 2.50 bits per heavy atom. The second kappa shape index (κ2) is 9.89. The second-order valence-corrected chi connectivity index (χ2v) is 8.15. The number of ketones is 1. The number of amides is 2. The van der Waals surface area contributed by atoms with Crippen molar-refractivity contribution in [3.8, 4) is 5.75 Å². The summed E-state index contributed by atoms with van der Waals surface area (Å²) >= 11 is 0. The molecule has 0 saturated carbocycles. The van der Waals surface area contributed by atoms with Gasteiger partial charge in [0.2, 0.25) is 12.3 Å². The first-order valence-electron chi connectivity index (χ1n) is 10.4. The highest BCUT2D eigenvalue weighted by Gasteiger charge is 2.50. The zero-order valence-corrected chi connectivity index (χ0v) is 17.6. The summed E-state index contributed by atoms with van der Waals surface area (Å²) in [6.07, 6.45) is 7.68. The Labute approximate surface area is 177 Å². The molecule has 162 valence electrons. The summed E-state index contributed by atoms with van der Waals surface area (Å²) in [7, 11) is 1.59. The Hall–Kier alpha value is -2.67. The third-order valence-corrected chi connectivity index (χ3v) is 5.77. The SMILES string of the molecule is COc1ccc(CC(NC=O)C(=O)NC(CC2=CCCCC2)C(=O)C2(C)CO2)cc1. The van der Waals surface area contributed by atoms with Gasteiger partial charge in [0.1, 0.15) is 17.4 Å². The molecule has 1 aromatic carbocycles. The average Bonchev–Trinajstić information content (AvgIpc) is 3.52. The fourth-order valence-corrected chi connectivity index (χ4v) is 3.76. The molecule has 1 aromatic rings. The predicted octanol–water partition coefficient (Wildman–Crippen LogP) is 2.09. The molecule has 1 aliphatic carbocycles. The van der Waals surface area contributed by atoms with Crippen LogP contribution in [0.1, 0.15) is 44.6 Å². The molecule has 0 radical (unpaired) electrons. The number of epoxide rings is 1. The van der Waals surface area contributed by atoms with Crippen LogP contribution >= 0.6 is 0 Å². The molecule has 3 atom stereocenters. The highest BCUT2D eigenvalue weighted by atomic mass is 16.6. The van der Waals surface area contributed by atoms with Gasteiger partial charge in [-0.2, -0.15) is 0 Å². The number of carbonyl (C=O) groups is 3. The summed E-state index contributed by atoms with van der Waals surface area (Å²) in [5.74, 6) is 0.223. The van der Waals surface area contributed by atoms with E-state index in [-0.39, 0.29) is 11.7 Å². The number of nitrogens with one attached hydrogen (secondary N) is 2. The van der Waals surface area contributed by atoms with Gasteiger partial charge in [-0.25, -0.2) is 0 Å². The molecule has 1 saturated heterocycles. The van der Waals surface area contributed by atoms with Crippen LogP contribution in [0.15, 0.2) is 35.9 Å². The summed E-state index contributed by atoms with van der Waals surface area (Å²) in [5, 5.41) is 5.46. The van der Waals surface area contributed by atoms with Crippen molar-refractivity contribution < 1.29 is 23.9 Å². The van der Waals surface area contributed by atoms with E-state index < -0.39 is 17.7 Å². The summed E-state index contributed by atoms with van der Waals surface area (Å²) in [6.45, 7) is 2.13. The van der Waals surface area contributed by atoms with Crippen LogP contribution in [-0.2, 0) is 25.5 Å². The van der Waals surface area contributed by atoms with E-state index >= 15 is 0 Å². The lowest BCUT2D eigenvalue weighted by atomic mass is 9.89. The maximum Gasteiger partial charge on any atom is 0.243 e. The average molecular weight is 415 g/mol. The van der Waals surface area contributed by atoms with Crippen molar-refractivity contribution >= 4 is 18.1 Å². The molecular weight excluding hydrogens is 384 g/mol. The number of rotatable bonds is 11. The molecule has 3 rings (SSSR count). The molecule has 7 nitrogen and oxygen atoms in total. The topological polar surface area (TPSA) is 97.0 Å². The Kier molecular flexibility index (Phi) is 7.26. The molecule has 2 amide bonds. The zero-order chi connectivity index (χ0) is 21.6. The summed E-state index contributed by atoms with van der Waals surface area (Å²) < 4.78 is 10.5. The molecule has 2 aliphatic rings. The van der Waals surface area contributed by atoms with Crippen LogP contribution in [0.5, 0.6) is 5.75 Å². The highest BCUT2D eigenvalue weighted by molar-refractivity contribution is 5.97. The molecule has 3 unspecified atom stereocenters. The Morgan fingerprint density at radius 1 is 1.20 bits per heavy atom. The van der Waals surface area contributed by atoms with Crippen molar-refractivity contribution in [3.63, 3.8) is 0 Å². The van der Waals surface area contributed by atoms with Crippen molar-refractivity contribution in [1.29, 1.82) is 0 Å². The minimum absolute atomic E-state index is 0.114. The number of allylic oxidation sites excluding steroid dienone is 1. The molecule has 0 spiro atoms. The number of hydrogen-bond acceptors (Lipinski definition) is 5. The monoisotopic (exact) mass is 414 g/mol. The number of ether oxygens (including phenoxy) is 2. The molecule has 30 heavy (non-hydrogen) atoms. The smallest absolute Gasteiger partial charge is 0.243 e. The maximum absolute atomic E-state index is 13.0. The molecular formula is C23H30N2O5. The van der Waals surface area contributed by atoms with Crippen LogP contribution in [0.3, 0.4) is 0 Å². The molecule has 0 aromatic heterocycles. The van der Waals surface area contributed by atoms with Gasteiger partial charge < -0.3 is 20.1 Å². The van der Waals surface area contributed by atoms with E-state index in [4.69, 9.17) is 9.47 Å². The van der Waals surface area contributed by atoms with Gasteiger partial charge in [-0.3, -0.25) is 14.4 Å². The second-order valence-electron chi connectivity index (χ2n) is 8.15. The van der Waals surface area contributed by atoms with Gasteiger partial charge in [0.15, 0.2) is 5.78 Å². The predicted molar refractivity (Wildman–Crippen MR) is 112 cm³/mol. The van der Waals surface area contributed by atoms with Crippen molar-refractivity contribution in [1.82, 2.24) is 10.6 Å². The number of Topliss-reactive ketones (excluding diaryl/α,β-unsaturated/α-hetero) is 1. The van der Waals surface area contributed by atoms with E-state index in [1.54, 1.807) is 26.2 Å². The third-order valence-electron chi connectivity index (χ3n) is 5.77. The van der Waals surface area contributed by atoms with Gasteiger partial charge in [0.05, 0.1) is 19.8 Å². The minimum atomic E-state index is -0.823. The van der Waals surface area contributed by atoms with Gasteiger partial charge in [-0.1, -0.05) is 23.8 Å². The lowest BCUT2D eigenvalue weighted by Gasteiger charge is -2.25. The highest BCUT2D eigenvalue weighted by Crippen LogP contribution is 2.31. The molecule has 1 aliphatic heterocycles. The lowest BCUT2D eigenvalue weighted by Crippen LogP contribution is -2.53. The molecule has 0 bridgehead atoms. The third kappa shape index (κ3) is 5.69. The largest absolute Gasteiger partial charge is 0.497 e. The molecule has 1 fully saturated rings. The van der Waals surface area contributed by atoms with E-state index in [9.17, 15) is 14.4 Å². The maximum atomic E-state index is 13.0. The van der Waals surface area contributed by atoms with Gasteiger partial charge in [-0.15, -0.1) is 0 Å². The first-order chi connectivity index (χ1) is 14.4. The normalized spacial score (nSPS) is 22.3. The zero-order valence-electron chi connectivity index (χ0n) is 17.6. The standard InChI is InChI=1S/C23H30N2O5/c1-23(14-30-23)21(27)19(12-16-6-4-3-5-7-16)25-22(28)20(24-15-26)13-17-8-10-18(29-2)11-9-17/h6,8-11,15,19-20H,3-5,7,12-14H2,1-2H3,(H,24,26)(H,25,28). The Morgan fingerprint density at radius 2 is 1.93 bits per heavy atom. The van der Waals surface area contributed by atoms with Crippen molar-refractivity contribution in [2.45, 2.75) is 63.1 Å². The van der Waals surface area contributed by atoms with E-state index in [1.807, 2.05) is 12.1 Å². The quantitative estimate of drug-likeness (QED) is 0.328. The Bertz CT molecular complexity index is 798. The minimum Gasteiger partial charge on any atom is -0.497 e. The summed E-state index contributed by atoms with van der Waals surface area (Å²) in [6, 6.07) is 5.86. The van der Waals surface area contributed by atoms with Gasteiger partial charge in [0, 0.05) is 6.42 Å². The summed E-state index contributed by atoms with van der Waals surface area (Å²) in [4.78, 5) is 37.1. The van der Waals surface area contributed by atoms with Gasteiger partial charge in [-0.05, 0) is 56.7 Å². The van der Waals surface area contributed by atoms with Crippen molar-refractivity contribution in [2.75, 3.05) is 13.7 Å². The fraction of sp³-hybridized carbons (Fsp3) is 0.522. The summed E-state index contributed by atoms with van der Waals surface area (Å²) in [5.41, 5.74) is 1.25. The van der Waals surface area contributed by atoms with Crippen molar-refractivity contribution in [2.24, 2.45) is 0 Å². The van der Waals surface area contributed by atoms with Crippen LogP contribution in [0, 0.1) is 0 Å².